The largest absolute Gasteiger partial charge is 0.377 e. The SMILES string of the molecule is Cc1cc(CC(=O)NCc2cccc(F)c2)ncc1-c1ccc(N2CCOC[C@H]2C)cc1. The van der Waals surface area contributed by atoms with Gasteiger partial charge >= 0.3 is 0 Å². The topological polar surface area (TPSA) is 54.5 Å². The summed E-state index contributed by atoms with van der Waals surface area (Å²) in [7, 11) is 0. The van der Waals surface area contributed by atoms with Crippen molar-refractivity contribution in [1.82, 2.24) is 10.3 Å². The lowest BCUT2D eigenvalue weighted by Gasteiger charge is -2.35. The molecule has 1 N–H and O–H groups in total. The number of carbonyl (C=O) groups is 1. The van der Waals surface area contributed by atoms with Crippen LogP contribution < -0.4 is 10.2 Å². The maximum atomic E-state index is 13.3. The molecule has 1 aliphatic rings. The van der Waals surface area contributed by atoms with Crippen molar-refractivity contribution in [3.63, 3.8) is 0 Å². The van der Waals surface area contributed by atoms with Gasteiger partial charge in [-0.2, -0.15) is 0 Å². The number of hydrogen-bond donors (Lipinski definition) is 1. The Morgan fingerprint density at radius 2 is 2.03 bits per heavy atom. The van der Waals surface area contributed by atoms with Crippen molar-refractivity contribution in [1.29, 1.82) is 0 Å². The number of benzene rings is 2. The minimum Gasteiger partial charge on any atom is -0.377 e. The molecule has 0 spiro atoms. The van der Waals surface area contributed by atoms with Crippen LogP contribution in [-0.4, -0.2) is 36.7 Å². The maximum absolute atomic E-state index is 13.3. The minimum absolute atomic E-state index is 0.141. The third kappa shape index (κ3) is 5.32. The third-order valence-electron chi connectivity index (χ3n) is 5.77. The summed E-state index contributed by atoms with van der Waals surface area (Å²) < 4.78 is 18.8. The molecule has 1 saturated heterocycles. The highest BCUT2D eigenvalue weighted by molar-refractivity contribution is 5.78. The molecule has 6 heteroatoms. The average molecular weight is 434 g/mol. The van der Waals surface area contributed by atoms with Crippen LogP contribution in [0.4, 0.5) is 10.1 Å². The minimum atomic E-state index is -0.308. The molecule has 1 fully saturated rings. The zero-order valence-corrected chi connectivity index (χ0v) is 18.5. The lowest BCUT2D eigenvalue weighted by atomic mass is 10.0. The van der Waals surface area contributed by atoms with E-state index in [0.29, 0.717) is 18.3 Å². The lowest BCUT2D eigenvalue weighted by Crippen LogP contribution is -2.43. The van der Waals surface area contributed by atoms with E-state index in [9.17, 15) is 9.18 Å². The van der Waals surface area contributed by atoms with Gasteiger partial charge in [0.05, 0.1) is 19.6 Å². The first-order valence-electron chi connectivity index (χ1n) is 10.9. The number of pyridine rings is 1. The number of hydrogen-bond acceptors (Lipinski definition) is 4. The van der Waals surface area contributed by atoms with E-state index in [0.717, 1.165) is 42.0 Å². The van der Waals surface area contributed by atoms with Crippen LogP contribution in [0.5, 0.6) is 0 Å². The van der Waals surface area contributed by atoms with Gasteiger partial charge in [-0.05, 0) is 60.9 Å². The van der Waals surface area contributed by atoms with E-state index in [1.807, 2.05) is 19.2 Å². The summed E-state index contributed by atoms with van der Waals surface area (Å²) in [6.45, 7) is 6.91. The van der Waals surface area contributed by atoms with Crippen LogP contribution in [0.1, 0.15) is 23.7 Å². The molecule has 3 aromatic rings. The molecule has 1 aromatic heterocycles. The number of carbonyl (C=O) groups excluding carboxylic acids is 1. The van der Waals surface area contributed by atoms with Crippen LogP contribution in [0.25, 0.3) is 11.1 Å². The summed E-state index contributed by atoms with van der Waals surface area (Å²) >= 11 is 0. The molecule has 1 aliphatic heterocycles. The molecule has 1 amide bonds. The van der Waals surface area contributed by atoms with Crippen molar-refractivity contribution in [3.8, 4) is 11.1 Å². The van der Waals surface area contributed by atoms with Crippen LogP contribution in [0.3, 0.4) is 0 Å². The van der Waals surface area contributed by atoms with Gasteiger partial charge in [-0.25, -0.2) is 4.39 Å². The quantitative estimate of drug-likeness (QED) is 0.631. The zero-order chi connectivity index (χ0) is 22.5. The number of ether oxygens (including phenoxy) is 1. The summed E-state index contributed by atoms with van der Waals surface area (Å²) in [5.74, 6) is -0.449. The monoisotopic (exact) mass is 433 g/mol. The van der Waals surface area contributed by atoms with Crippen LogP contribution in [0.2, 0.25) is 0 Å². The second-order valence-electron chi connectivity index (χ2n) is 8.24. The Bertz CT molecular complexity index is 1080. The molecule has 166 valence electrons. The smallest absolute Gasteiger partial charge is 0.226 e. The molecule has 2 aromatic carbocycles. The van der Waals surface area contributed by atoms with Gasteiger partial charge in [-0.3, -0.25) is 9.78 Å². The van der Waals surface area contributed by atoms with E-state index in [4.69, 9.17) is 4.74 Å². The molecule has 2 heterocycles. The Morgan fingerprint density at radius 3 is 2.75 bits per heavy atom. The Kier molecular flexibility index (Phi) is 6.81. The van der Waals surface area contributed by atoms with Gasteiger partial charge in [-0.15, -0.1) is 0 Å². The first kappa shape index (κ1) is 22.0. The molecule has 0 radical (unpaired) electrons. The predicted molar refractivity (Wildman–Crippen MR) is 124 cm³/mol. The molecule has 0 bridgehead atoms. The normalized spacial score (nSPS) is 16.1. The molecule has 1 atom stereocenters. The lowest BCUT2D eigenvalue weighted by molar-refractivity contribution is -0.120. The summed E-state index contributed by atoms with van der Waals surface area (Å²) in [6.07, 6.45) is 2.02. The summed E-state index contributed by atoms with van der Waals surface area (Å²) in [5, 5.41) is 2.82. The highest BCUT2D eigenvalue weighted by atomic mass is 19.1. The van der Waals surface area contributed by atoms with Gasteiger partial charge in [0.2, 0.25) is 5.91 Å². The second-order valence-corrected chi connectivity index (χ2v) is 8.24. The second kappa shape index (κ2) is 9.92. The fourth-order valence-corrected chi connectivity index (χ4v) is 4.03. The number of amides is 1. The fourth-order valence-electron chi connectivity index (χ4n) is 4.03. The van der Waals surface area contributed by atoms with E-state index in [2.05, 4.69) is 46.4 Å². The van der Waals surface area contributed by atoms with E-state index < -0.39 is 0 Å². The Labute approximate surface area is 188 Å². The number of aromatic nitrogens is 1. The first-order chi connectivity index (χ1) is 15.5. The Morgan fingerprint density at radius 1 is 1.22 bits per heavy atom. The molecule has 0 unspecified atom stereocenters. The number of rotatable bonds is 6. The number of aryl methyl sites for hydroxylation is 1. The number of halogens is 1. The van der Waals surface area contributed by atoms with Crippen LogP contribution in [0.15, 0.2) is 60.8 Å². The van der Waals surface area contributed by atoms with Gasteiger partial charge in [0.25, 0.3) is 0 Å². The predicted octanol–water partition coefficient (Wildman–Crippen LogP) is 4.28. The van der Waals surface area contributed by atoms with Crippen LogP contribution >= 0.6 is 0 Å². The highest BCUT2D eigenvalue weighted by Crippen LogP contribution is 2.27. The third-order valence-corrected chi connectivity index (χ3v) is 5.77. The van der Waals surface area contributed by atoms with Crippen molar-refractivity contribution in [2.75, 3.05) is 24.7 Å². The molecule has 5 nitrogen and oxygen atoms in total. The van der Waals surface area contributed by atoms with Crippen molar-refractivity contribution in [2.45, 2.75) is 32.9 Å². The van der Waals surface area contributed by atoms with Crippen LogP contribution in [0, 0.1) is 12.7 Å². The van der Waals surface area contributed by atoms with E-state index >= 15 is 0 Å². The van der Waals surface area contributed by atoms with Gasteiger partial charge in [0.15, 0.2) is 0 Å². The number of nitrogens with zero attached hydrogens (tertiary/aromatic N) is 2. The Hall–Kier alpha value is -3.25. The molecular weight excluding hydrogens is 405 g/mol. The van der Waals surface area contributed by atoms with Crippen molar-refractivity contribution in [2.24, 2.45) is 0 Å². The molecule has 32 heavy (non-hydrogen) atoms. The summed E-state index contributed by atoms with van der Waals surface area (Å²) in [4.78, 5) is 19.2. The average Bonchev–Trinajstić information content (AvgIpc) is 2.79. The maximum Gasteiger partial charge on any atom is 0.226 e. The number of anilines is 1. The van der Waals surface area contributed by atoms with Gasteiger partial charge < -0.3 is 15.0 Å². The van der Waals surface area contributed by atoms with Crippen molar-refractivity contribution in [3.05, 3.63) is 83.4 Å². The Balaban J connectivity index is 1.39. The van der Waals surface area contributed by atoms with Gasteiger partial charge in [-0.1, -0.05) is 24.3 Å². The molecule has 0 saturated carbocycles. The van der Waals surface area contributed by atoms with Crippen molar-refractivity contribution < 1.29 is 13.9 Å². The van der Waals surface area contributed by atoms with E-state index in [1.54, 1.807) is 12.1 Å². The molecular formula is C26H28FN3O2. The van der Waals surface area contributed by atoms with E-state index in [-0.39, 0.29) is 18.1 Å². The van der Waals surface area contributed by atoms with E-state index in [1.165, 1.54) is 17.8 Å². The molecule has 4 rings (SSSR count). The summed E-state index contributed by atoms with van der Waals surface area (Å²) in [6, 6.07) is 17.1. The zero-order valence-electron chi connectivity index (χ0n) is 18.5. The number of morpholine rings is 1. The van der Waals surface area contributed by atoms with Gasteiger partial charge in [0.1, 0.15) is 5.82 Å². The summed E-state index contributed by atoms with van der Waals surface area (Å²) in [5.41, 5.74) is 5.86. The highest BCUT2D eigenvalue weighted by Gasteiger charge is 2.19. The number of nitrogens with one attached hydrogen (secondary N) is 1. The van der Waals surface area contributed by atoms with Crippen LogP contribution in [-0.2, 0) is 22.5 Å². The molecule has 0 aliphatic carbocycles. The first-order valence-corrected chi connectivity index (χ1v) is 10.9. The standard InChI is InChI=1S/C26H28FN3O2/c1-18-12-23(14-26(31)29-15-20-4-3-5-22(27)13-20)28-16-25(18)21-6-8-24(9-7-21)30-10-11-32-17-19(30)2/h3-9,12-13,16,19H,10-11,14-15,17H2,1-2H3,(H,29,31)/t19-/m1/s1. The van der Waals surface area contributed by atoms with Crippen molar-refractivity contribution >= 4 is 11.6 Å². The fraction of sp³-hybridized carbons (Fsp3) is 0.308. The van der Waals surface area contributed by atoms with Gasteiger partial charge in [0, 0.05) is 42.3 Å².